The van der Waals surface area contributed by atoms with E-state index < -0.39 is 5.97 Å². The fraction of sp³-hybridized carbons (Fsp3) is 0.625. The SMILES string of the molecule is CCCCC/C=C/CCC1=NC=C[N+]1(CC(=O)[O-])C(C)N. The van der Waals surface area contributed by atoms with Crippen molar-refractivity contribution in [1.29, 1.82) is 0 Å². The molecule has 1 aliphatic rings. The molecule has 0 bridgehead atoms. The van der Waals surface area contributed by atoms with Gasteiger partial charge in [0.15, 0.2) is 0 Å². The Morgan fingerprint density at radius 1 is 1.43 bits per heavy atom. The van der Waals surface area contributed by atoms with Crippen molar-refractivity contribution >= 4 is 11.8 Å². The van der Waals surface area contributed by atoms with Crippen LogP contribution in [0.2, 0.25) is 0 Å². The summed E-state index contributed by atoms with van der Waals surface area (Å²) < 4.78 is 0.0754. The van der Waals surface area contributed by atoms with Gasteiger partial charge in [0.25, 0.3) is 0 Å². The van der Waals surface area contributed by atoms with Gasteiger partial charge in [0.1, 0.15) is 18.9 Å². The number of hydrogen-bond donors (Lipinski definition) is 1. The van der Waals surface area contributed by atoms with E-state index in [-0.39, 0.29) is 17.2 Å². The number of nitrogens with zero attached hydrogens (tertiary/aromatic N) is 2. The maximum Gasteiger partial charge on any atom is 0.209 e. The highest BCUT2D eigenvalue weighted by Gasteiger charge is 2.38. The number of carbonyl (C=O) groups is 1. The maximum atomic E-state index is 11.0. The lowest BCUT2D eigenvalue weighted by Crippen LogP contribution is -2.60. The molecule has 0 spiro atoms. The predicted molar refractivity (Wildman–Crippen MR) is 82.9 cm³/mol. The molecule has 2 atom stereocenters. The molecule has 5 heteroatoms. The molecule has 2 N–H and O–H groups in total. The molecule has 118 valence electrons. The number of amidine groups is 1. The fourth-order valence-corrected chi connectivity index (χ4v) is 2.54. The number of carbonyl (C=O) groups excluding carboxylic acids is 1. The molecule has 0 fully saturated rings. The van der Waals surface area contributed by atoms with E-state index in [0.717, 1.165) is 18.7 Å². The zero-order chi connectivity index (χ0) is 15.7. The summed E-state index contributed by atoms with van der Waals surface area (Å²) in [6.45, 7) is 3.83. The number of carboxylic acid groups (broad SMARTS) is 1. The van der Waals surface area contributed by atoms with Gasteiger partial charge in [-0.1, -0.05) is 31.9 Å². The van der Waals surface area contributed by atoms with Crippen LogP contribution in [-0.4, -0.2) is 29.0 Å². The number of hydrogen-bond acceptors (Lipinski definition) is 4. The molecule has 1 heterocycles. The van der Waals surface area contributed by atoms with E-state index in [1.165, 1.54) is 19.3 Å². The normalized spacial score (nSPS) is 22.7. The molecule has 0 aliphatic carbocycles. The molecule has 0 aromatic carbocycles. The van der Waals surface area contributed by atoms with Gasteiger partial charge in [0, 0.05) is 13.3 Å². The third-order valence-corrected chi connectivity index (χ3v) is 3.83. The third-order valence-electron chi connectivity index (χ3n) is 3.83. The van der Waals surface area contributed by atoms with Gasteiger partial charge in [0.2, 0.25) is 5.84 Å². The second kappa shape index (κ2) is 8.74. The van der Waals surface area contributed by atoms with Gasteiger partial charge in [-0.15, -0.1) is 0 Å². The van der Waals surface area contributed by atoms with E-state index in [0.29, 0.717) is 6.42 Å². The quantitative estimate of drug-likeness (QED) is 0.378. The lowest BCUT2D eigenvalue weighted by atomic mass is 10.1. The molecule has 0 aromatic rings. The number of quaternary nitrogens is 1. The number of aliphatic carboxylic acids is 1. The van der Waals surface area contributed by atoms with E-state index in [2.05, 4.69) is 24.1 Å². The van der Waals surface area contributed by atoms with Crippen molar-refractivity contribution < 1.29 is 14.4 Å². The fourth-order valence-electron chi connectivity index (χ4n) is 2.54. The summed E-state index contributed by atoms with van der Waals surface area (Å²) in [6, 6.07) is 0. The summed E-state index contributed by atoms with van der Waals surface area (Å²) >= 11 is 0. The van der Waals surface area contributed by atoms with Crippen molar-refractivity contribution in [3.05, 3.63) is 24.6 Å². The average Bonchev–Trinajstić information content (AvgIpc) is 2.81. The van der Waals surface area contributed by atoms with E-state index in [1.54, 1.807) is 19.3 Å². The second-order valence-electron chi connectivity index (χ2n) is 5.55. The summed E-state index contributed by atoms with van der Waals surface area (Å²) in [6.07, 6.45) is 13.8. The lowest BCUT2D eigenvalue weighted by Gasteiger charge is -2.36. The first-order valence-corrected chi connectivity index (χ1v) is 7.75. The van der Waals surface area contributed by atoms with E-state index in [1.807, 2.05) is 0 Å². The topological polar surface area (TPSA) is 78.5 Å². The molecule has 1 rings (SSSR count). The Balaban J connectivity index is 2.52. The average molecular weight is 293 g/mol. The lowest BCUT2D eigenvalue weighted by molar-refractivity contribution is -0.808. The Morgan fingerprint density at radius 2 is 2.14 bits per heavy atom. The van der Waals surface area contributed by atoms with Crippen LogP contribution < -0.4 is 10.8 Å². The van der Waals surface area contributed by atoms with Crippen LogP contribution in [0.25, 0.3) is 0 Å². The van der Waals surface area contributed by atoms with Crippen LogP contribution in [0.3, 0.4) is 0 Å². The molecule has 2 unspecified atom stereocenters. The Labute approximate surface area is 127 Å². The smallest absolute Gasteiger partial charge is 0.209 e. The number of aliphatic imine (C=N–C) groups is 1. The summed E-state index contributed by atoms with van der Waals surface area (Å²) in [5.41, 5.74) is 5.99. The van der Waals surface area contributed by atoms with Crippen LogP contribution in [0.15, 0.2) is 29.5 Å². The van der Waals surface area contributed by atoms with Crippen LogP contribution in [0.1, 0.15) is 52.4 Å². The Bertz CT molecular complexity index is 427. The standard InChI is InChI=1S/C16H27N3O2/c1-3-4-5-6-7-8-9-10-15-18-11-12-19(15,14(2)17)13-16(20)21/h7-8,11-12,14H,3-6,9-10,13,17H2,1-2H3/b8-7+. The molecular weight excluding hydrogens is 266 g/mol. The van der Waals surface area contributed by atoms with Gasteiger partial charge in [-0.2, -0.15) is 0 Å². The van der Waals surface area contributed by atoms with Crippen molar-refractivity contribution in [3.63, 3.8) is 0 Å². The van der Waals surface area contributed by atoms with E-state index >= 15 is 0 Å². The van der Waals surface area contributed by atoms with E-state index in [9.17, 15) is 9.90 Å². The van der Waals surface area contributed by atoms with Gasteiger partial charge in [0.05, 0.1) is 12.2 Å². The highest BCUT2D eigenvalue weighted by molar-refractivity contribution is 5.81. The second-order valence-corrected chi connectivity index (χ2v) is 5.55. The highest BCUT2D eigenvalue weighted by Crippen LogP contribution is 2.22. The summed E-state index contributed by atoms with van der Waals surface area (Å²) in [4.78, 5) is 15.3. The first-order valence-electron chi connectivity index (χ1n) is 7.75. The molecule has 0 saturated heterocycles. The molecule has 21 heavy (non-hydrogen) atoms. The molecule has 1 aliphatic heterocycles. The van der Waals surface area contributed by atoms with Crippen molar-refractivity contribution in [1.82, 2.24) is 0 Å². The van der Waals surface area contributed by atoms with Gasteiger partial charge in [-0.3, -0.25) is 5.73 Å². The minimum absolute atomic E-state index is 0.0754. The molecular formula is C16H27N3O2. The zero-order valence-electron chi connectivity index (χ0n) is 13.1. The van der Waals surface area contributed by atoms with Gasteiger partial charge in [-0.25, -0.2) is 9.48 Å². The maximum absolute atomic E-state index is 11.0. The molecule has 0 radical (unpaired) electrons. The first kappa shape index (κ1) is 17.6. The summed E-state index contributed by atoms with van der Waals surface area (Å²) in [5.74, 6) is -0.311. The number of unbranched alkanes of at least 4 members (excludes halogenated alkanes) is 3. The van der Waals surface area contributed by atoms with Crippen molar-refractivity contribution in [2.24, 2.45) is 10.7 Å². The Morgan fingerprint density at radius 3 is 2.76 bits per heavy atom. The third kappa shape index (κ3) is 5.10. The number of allylic oxidation sites excluding steroid dienone is 2. The number of carboxylic acids is 1. The van der Waals surface area contributed by atoms with Crippen LogP contribution >= 0.6 is 0 Å². The van der Waals surface area contributed by atoms with Crippen molar-refractivity contribution in [2.75, 3.05) is 6.54 Å². The van der Waals surface area contributed by atoms with Crippen LogP contribution in [0.4, 0.5) is 0 Å². The van der Waals surface area contributed by atoms with Crippen LogP contribution in [-0.2, 0) is 4.79 Å². The molecule has 0 saturated carbocycles. The summed E-state index contributed by atoms with van der Waals surface area (Å²) in [7, 11) is 0. The van der Waals surface area contributed by atoms with Crippen molar-refractivity contribution in [3.8, 4) is 0 Å². The first-order chi connectivity index (χ1) is 10.0. The Hall–Kier alpha value is -1.46. The van der Waals surface area contributed by atoms with Gasteiger partial charge in [-0.05, 0) is 19.3 Å². The monoisotopic (exact) mass is 293 g/mol. The van der Waals surface area contributed by atoms with Gasteiger partial charge >= 0.3 is 0 Å². The highest BCUT2D eigenvalue weighted by atomic mass is 16.4. The number of rotatable bonds is 10. The number of nitrogens with two attached hydrogens (primary N) is 1. The largest absolute Gasteiger partial charge is 0.544 e. The van der Waals surface area contributed by atoms with Crippen LogP contribution in [0, 0.1) is 0 Å². The van der Waals surface area contributed by atoms with E-state index in [4.69, 9.17) is 5.73 Å². The summed E-state index contributed by atoms with van der Waals surface area (Å²) in [5, 5.41) is 11.0. The Kier molecular flexibility index (Phi) is 7.32. The predicted octanol–water partition coefficient (Wildman–Crippen LogP) is 1.66. The minimum Gasteiger partial charge on any atom is -0.544 e. The molecule has 5 nitrogen and oxygen atoms in total. The van der Waals surface area contributed by atoms with Crippen LogP contribution in [0.5, 0.6) is 0 Å². The molecule has 0 aromatic heterocycles. The molecule has 0 amide bonds. The zero-order valence-corrected chi connectivity index (χ0v) is 13.1. The minimum atomic E-state index is -1.11. The van der Waals surface area contributed by atoms with Gasteiger partial charge < -0.3 is 9.90 Å². The van der Waals surface area contributed by atoms with Crippen molar-refractivity contribution in [2.45, 2.75) is 58.5 Å².